The van der Waals surface area contributed by atoms with E-state index in [4.69, 9.17) is 21.1 Å². The number of aryl methyl sites for hydroxylation is 1. The summed E-state index contributed by atoms with van der Waals surface area (Å²) in [5.41, 5.74) is 2.25. The number of likely N-dealkylation sites (tertiary alicyclic amines) is 1. The Morgan fingerprint density at radius 2 is 1.78 bits per heavy atom. The molecule has 10 heteroatoms. The van der Waals surface area contributed by atoms with Gasteiger partial charge in [0.05, 0.1) is 11.7 Å². The number of hydrogen-bond donors (Lipinski definition) is 2. The predicted octanol–water partition coefficient (Wildman–Crippen LogP) is 6.16. The van der Waals surface area contributed by atoms with Gasteiger partial charge >= 0.3 is 12.1 Å². The Kier molecular flexibility index (Phi) is 7.92. The van der Waals surface area contributed by atoms with Crippen molar-refractivity contribution in [3.8, 4) is 17.0 Å². The van der Waals surface area contributed by atoms with E-state index in [0.29, 0.717) is 35.3 Å². The van der Waals surface area contributed by atoms with Gasteiger partial charge in [-0.15, -0.1) is 0 Å². The van der Waals surface area contributed by atoms with E-state index in [1.807, 2.05) is 46.0 Å². The second kappa shape index (κ2) is 11.1. The fourth-order valence-corrected chi connectivity index (χ4v) is 4.28. The average Bonchev–Trinajstić information content (AvgIpc) is 3.47. The number of carbonyl (C=O) groups is 2. The highest BCUT2D eigenvalue weighted by atomic mass is 35.5. The first kappa shape index (κ1) is 26.3. The summed E-state index contributed by atoms with van der Waals surface area (Å²) in [6.45, 7) is 6.55. The molecule has 1 aliphatic heterocycles. The number of ether oxygens (including phenoxy) is 2. The number of nitrogens with one attached hydrogen (secondary N) is 2. The van der Waals surface area contributed by atoms with Gasteiger partial charge in [-0.2, -0.15) is 5.10 Å². The molecule has 4 rings (SSSR count). The number of urea groups is 1. The molecular weight excluding hydrogens is 494 g/mol. The van der Waals surface area contributed by atoms with Crippen LogP contribution in [0.1, 0.15) is 33.6 Å². The van der Waals surface area contributed by atoms with Gasteiger partial charge in [0.25, 0.3) is 0 Å². The van der Waals surface area contributed by atoms with E-state index in [-0.39, 0.29) is 18.2 Å². The molecule has 0 spiro atoms. The molecule has 37 heavy (non-hydrogen) atoms. The number of hydrogen-bond acceptors (Lipinski definition) is 5. The van der Waals surface area contributed by atoms with E-state index in [9.17, 15) is 9.59 Å². The second-order valence-electron chi connectivity index (χ2n) is 9.92. The van der Waals surface area contributed by atoms with E-state index in [1.54, 1.807) is 46.1 Å². The molecule has 1 fully saturated rings. The highest BCUT2D eigenvalue weighted by molar-refractivity contribution is 6.30. The van der Waals surface area contributed by atoms with Crippen molar-refractivity contribution >= 4 is 35.1 Å². The monoisotopic (exact) mass is 525 g/mol. The summed E-state index contributed by atoms with van der Waals surface area (Å²) < 4.78 is 13.6. The summed E-state index contributed by atoms with van der Waals surface area (Å²) in [5.74, 6) is 0.628. The first-order valence-electron chi connectivity index (χ1n) is 12.2. The van der Waals surface area contributed by atoms with E-state index in [2.05, 4.69) is 15.7 Å². The molecule has 1 aromatic heterocycles. The summed E-state index contributed by atoms with van der Waals surface area (Å²) in [4.78, 5) is 27.0. The van der Waals surface area contributed by atoms with Crippen LogP contribution in [-0.4, -0.2) is 51.6 Å². The first-order chi connectivity index (χ1) is 17.6. The van der Waals surface area contributed by atoms with Gasteiger partial charge < -0.3 is 25.0 Å². The van der Waals surface area contributed by atoms with Crippen LogP contribution in [0.2, 0.25) is 5.02 Å². The molecule has 1 saturated heterocycles. The van der Waals surface area contributed by atoms with E-state index in [0.717, 1.165) is 24.1 Å². The third kappa shape index (κ3) is 6.95. The number of nitrogens with zero attached hydrogens (tertiary/aromatic N) is 3. The molecule has 0 saturated carbocycles. The van der Waals surface area contributed by atoms with Crippen molar-refractivity contribution in [3.05, 3.63) is 59.8 Å². The fourth-order valence-electron chi connectivity index (χ4n) is 4.15. The van der Waals surface area contributed by atoms with Crippen LogP contribution in [0.25, 0.3) is 11.3 Å². The molecule has 0 bridgehead atoms. The third-order valence-corrected chi connectivity index (χ3v) is 6.12. The Labute approximate surface area is 221 Å². The van der Waals surface area contributed by atoms with Crippen molar-refractivity contribution in [2.75, 3.05) is 23.8 Å². The molecule has 2 N–H and O–H groups in total. The number of carbonyl (C=O) groups excluding carboxylic acids is 2. The van der Waals surface area contributed by atoms with Crippen LogP contribution in [0.4, 0.5) is 21.0 Å². The van der Waals surface area contributed by atoms with Crippen molar-refractivity contribution in [1.29, 1.82) is 0 Å². The Morgan fingerprint density at radius 1 is 1.08 bits per heavy atom. The van der Waals surface area contributed by atoms with E-state index in [1.165, 1.54) is 0 Å². The van der Waals surface area contributed by atoms with Crippen LogP contribution in [0.5, 0.6) is 5.75 Å². The van der Waals surface area contributed by atoms with Crippen LogP contribution in [0, 0.1) is 0 Å². The molecule has 1 atom stereocenters. The molecular formula is C27H32ClN5O4. The zero-order valence-corrected chi connectivity index (χ0v) is 22.2. The van der Waals surface area contributed by atoms with E-state index < -0.39 is 5.60 Å². The van der Waals surface area contributed by atoms with Crippen LogP contribution >= 0.6 is 11.6 Å². The van der Waals surface area contributed by atoms with Crippen molar-refractivity contribution in [2.45, 2.75) is 45.3 Å². The Hall–Kier alpha value is -3.72. The van der Waals surface area contributed by atoms with Gasteiger partial charge in [0.2, 0.25) is 0 Å². The quantitative estimate of drug-likeness (QED) is 0.401. The third-order valence-electron chi connectivity index (χ3n) is 5.87. The second-order valence-corrected chi connectivity index (χ2v) is 10.4. The standard InChI is InChI=1S/C27H32ClN5O4/c1-27(2,3)37-26(35)33-15-5-6-21(33)17-36-24-12-11-20(16-22(24)23-13-14-29-32(23)4)31-25(34)30-19-9-7-18(28)8-10-19/h7-14,16,21H,5-6,15,17H2,1-4H3,(H2,30,31,34). The maximum absolute atomic E-state index is 12.7. The van der Waals surface area contributed by atoms with Crippen LogP contribution < -0.4 is 15.4 Å². The molecule has 3 aromatic rings. The van der Waals surface area contributed by atoms with Gasteiger partial charge in [-0.25, -0.2) is 9.59 Å². The predicted molar refractivity (Wildman–Crippen MR) is 144 cm³/mol. The van der Waals surface area contributed by atoms with Gasteiger partial charge in [0.1, 0.15) is 18.0 Å². The molecule has 196 valence electrons. The Bertz CT molecular complexity index is 1250. The van der Waals surface area contributed by atoms with Gasteiger partial charge in [-0.3, -0.25) is 4.68 Å². The molecule has 1 aliphatic rings. The molecule has 3 amide bonds. The van der Waals surface area contributed by atoms with Gasteiger partial charge in [-0.1, -0.05) is 11.6 Å². The first-order valence-corrected chi connectivity index (χ1v) is 12.6. The topological polar surface area (TPSA) is 97.7 Å². The highest BCUT2D eigenvalue weighted by Crippen LogP contribution is 2.33. The average molecular weight is 526 g/mol. The maximum Gasteiger partial charge on any atom is 0.410 e. The van der Waals surface area contributed by atoms with Crippen LogP contribution in [-0.2, 0) is 11.8 Å². The molecule has 0 radical (unpaired) electrons. The minimum absolute atomic E-state index is 0.0859. The van der Waals surface area contributed by atoms with Crippen molar-refractivity contribution < 1.29 is 19.1 Å². The zero-order valence-electron chi connectivity index (χ0n) is 21.5. The molecule has 0 aliphatic carbocycles. The summed E-state index contributed by atoms with van der Waals surface area (Å²) in [5, 5.41) is 10.5. The smallest absolute Gasteiger partial charge is 0.410 e. The summed E-state index contributed by atoms with van der Waals surface area (Å²) >= 11 is 5.91. The molecule has 9 nitrogen and oxygen atoms in total. The number of rotatable bonds is 6. The maximum atomic E-state index is 12.7. The van der Waals surface area contributed by atoms with Crippen LogP contribution in [0.3, 0.4) is 0 Å². The SMILES string of the molecule is Cn1nccc1-c1cc(NC(=O)Nc2ccc(Cl)cc2)ccc1OCC1CCCN1C(=O)OC(C)(C)C. The fraction of sp³-hybridized carbons (Fsp3) is 0.370. The van der Waals surface area contributed by atoms with Gasteiger partial charge in [0, 0.05) is 41.8 Å². The lowest BCUT2D eigenvalue weighted by atomic mass is 10.1. The number of anilines is 2. The number of halogens is 1. The minimum atomic E-state index is -0.555. The number of amides is 3. The number of aromatic nitrogens is 2. The zero-order chi connectivity index (χ0) is 26.6. The number of benzene rings is 2. The summed E-state index contributed by atoms with van der Waals surface area (Å²) in [7, 11) is 1.84. The minimum Gasteiger partial charge on any atom is -0.491 e. The van der Waals surface area contributed by atoms with E-state index >= 15 is 0 Å². The largest absolute Gasteiger partial charge is 0.491 e. The normalized spacial score (nSPS) is 15.4. The molecule has 2 heterocycles. The summed E-state index contributed by atoms with van der Waals surface area (Å²) in [6.07, 6.45) is 3.11. The molecule has 1 unspecified atom stereocenters. The van der Waals surface area contributed by atoms with Gasteiger partial charge in [-0.05, 0) is 82.1 Å². The van der Waals surface area contributed by atoms with Gasteiger partial charge in [0.15, 0.2) is 0 Å². The van der Waals surface area contributed by atoms with Crippen molar-refractivity contribution in [1.82, 2.24) is 14.7 Å². The van der Waals surface area contributed by atoms with Crippen molar-refractivity contribution in [2.24, 2.45) is 7.05 Å². The van der Waals surface area contributed by atoms with Crippen LogP contribution in [0.15, 0.2) is 54.7 Å². The lowest BCUT2D eigenvalue weighted by molar-refractivity contribution is 0.0187. The molecule has 2 aromatic carbocycles. The Morgan fingerprint density at radius 3 is 2.46 bits per heavy atom. The lowest BCUT2D eigenvalue weighted by Crippen LogP contribution is -2.42. The highest BCUT2D eigenvalue weighted by Gasteiger charge is 2.32. The summed E-state index contributed by atoms with van der Waals surface area (Å²) in [6, 6.07) is 13.7. The lowest BCUT2D eigenvalue weighted by Gasteiger charge is -2.28. The van der Waals surface area contributed by atoms with Crippen molar-refractivity contribution in [3.63, 3.8) is 0 Å². The Balaban J connectivity index is 1.49.